The predicted molar refractivity (Wildman–Crippen MR) is 159 cm³/mol. The lowest BCUT2D eigenvalue weighted by molar-refractivity contribution is 0.0830. The molecule has 4 rings (SSSR count). The number of rotatable bonds is 13. The Morgan fingerprint density at radius 3 is 2.48 bits per heavy atom. The van der Waals surface area contributed by atoms with Gasteiger partial charge >= 0.3 is 0 Å². The largest absolute Gasteiger partial charge is 0.390 e. The molecule has 1 heterocycles. The molecule has 1 aliphatic heterocycles. The van der Waals surface area contributed by atoms with Crippen LogP contribution in [0.25, 0.3) is 0 Å². The SMILES string of the molecule is CCCCN1CCc2ccc(C(=O)N[C@@H](Cc3cc(F)cc(F)c3)[C@H](O)CNCc3cccc(CC)c3)cc21.Cl. The first-order valence-corrected chi connectivity index (χ1v) is 14.0. The molecule has 0 spiro atoms. The van der Waals surface area contributed by atoms with E-state index in [1.807, 2.05) is 30.3 Å². The van der Waals surface area contributed by atoms with Gasteiger partial charge in [0.1, 0.15) is 11.6 Å². The van der Waals surface area contributed by atoms with Crippen LogP contribution < -0.4 is 15.5 Å². The quantitative estimate of drug-likeness (QED) is 0.250. The van der Waals surface area contributed by atoms with Gasteiger partial charge < -0.3 is 20.6 Å². The summed E-state index contributed by atoms with van der Waals surface area (Å²) in [5, 5.41) is 17.3. The van der Waals surface area contributed by atoms with Crippen LogP contribution in [0.4, 0.5) is 14.5 Å². The molecule has 8 heteroatoms. The Morgan fingerprint density at radius 1 is 1.00 bits per heavy atom. The number of anilines is 1. The van der Waals surface area contributed by atoms with E-state index < -0.39 is 23.8 Å². The smallest absolute Gasteiger partial charge is 0.251 e. The lowest BCUT2D eigenvalue weighted by atomic mass is 9.99. The molecular formula is C32H40ClF2N3O2. The molecule has 216 valence electrons. The molecule has 0 aromatic heterocycles. The van der Waals surface area contributed by atoms with Crippen molar-refractivity contribution in [2.45, 2.75) is 64.6 Å². The molecule has 2 atom stereocenters. The fourth-order valence-electron chi connectivity index (χ4n) is 5.15. The number of unbranched alkanes of at least 4 members (excludes halogenated alkanes) is 1. The second kappa shape index (κ2) is 15.1. The number of fused-ring (bicyclic) bond motifs is 1. The van der Waals surface area contributed by atoms with Crippen molar-refractivity contribution < 1.29 is 18.7 Å². The zero-order valence-corrected chi connectivity index (χ0v) is 24.1. The molecule has 1 aliphatic rings. The highest BCUT2D eigenvalue weighted by Gasteiger charge is 2.25. The van der Waals surface area contributed by atoms with Gasteiger partial charge in [0, 0.05) is 43.5 Å². The Kier molecular flexibility index (Phi) is 11.9. The Balaban J connectivity index is 0.00000441. The van der Waals surface area contributed by atoms with Crippen molar-refractivity contribution in [2.24, 2.45) is 0 Å². The number of nitrogens with zero attached hydrogens (tertiary/aromatic N) is 1. The highest BCUT2D eigenvalue weighted by Crippen LogP contribution is 2.29. The average molecular weight is 572 g/mol. The number of carbonyl (C=O) groups excluding carboxylic acids is 1. The third kappa shape index (κ3) is 8.50. The summed E-state index contributed by atoms with van der Waals surface area (Å²) in [4.78, 5) is 15.7. The molecule has 40 heavy (non-hydrogen) atoms. The summed E-state index contributed by atoms with van der Waals surface area (Å²) in [6.07, 6.45) is 3.19. The van der Waals surface area contributed by atoms with Crippen LogP contribution in [0, 0.1) is 11.6 Å². The third-order valence-electron chi connectivity index (χ3n) is 7.36. The van der Waals surface area contributed by atoms with Crippen molar-refractivity contribution in [1.82, 2.24) is 10.6 Å². The first-order valence-electron chi connectivity index (χ1n) is 14.0. The van der Waals surface area contributed by atoms with Gasteiger partial charge in [0.15, 0.2) is 0 Å². The lowest BCUT2D eigenvalue weighted by Gasteiger charge is -2.25. The van der Waals surface area contributed by atoms with E-state index >= 15 is 0 Å². The summed E-state index contributed by atoms with van der Waals surface area (Å²) in [5.74, 6) is -1.70. The highest BCUT2D eigenvalue weighted by atomic mass is 35.5. The van der Waals surface area contributed by atoms with E-state index in [1.54, 1.807) is 0 Å². The third-order valence-corrected chi connectivity index (χ3v) is 7.36. The zero-order valence-electron chi connectivity index (χ0n) is 23.3. The molecule has 0 saturated heterocycles. The predicted octanol–water partition coefficient (Wildman–Crippen LogP) is 5.60. The standard InChI is InChI=1S/C32H39F2N3O2.ClH/c1-3-5-12-37-13-11-25-9-10-26(18-30(25)37)32(39)36-29(17-24-15-27(33)19-28(34)16-24)31(38)21-35-20-23-8-6-7-22(4-2)14-23;/h6-10,14-16,18-19,29,31,35,38H,3-5,11-13,17,20-21H2,1-2H3,(H,36,39);1H/t29-,31+;/m0./s1. The lowest BCUT2D eigenvalue weighted by Crippen LogP contribution is -2.48. The molecule has 3 aromatic carbocycles. The van der Waals surface area contributed by atoms with Gasteiger partial charge in [-0.3, -0.25) is 4.79 Å². The maximum atomic E-state index is 13.9. The normalized spacial score (nSPS) is 13.9. The highest BCUT2D eigenvalue weighted by molar-refractivity contribution is 5.95. The molecule has 0 saturated carbocycles. The number of hydrogen-bond donors (Lipinski definition) is 3. The fraction of sp³-hybridized carbons (Fsp3) is 0.406. The van der Waals surface area contributed by atoms with Gasteiger partial charge in [0.2, 0.25) is 0 Å². The van der Waals surface area contributed by atoms with Crippen molar-refractivity contribution in [3.8, 4) is 0 Å². The zero-order chi connectivity index (χ0) is 27.8. The topological polar surface area (TPSA) is 64.6 Å². The Hall–Kier alpha value is -3.00. The Bertz CT molecular complexity index is 1250. The molecule has 0 bridgehead atoms. The Morgan fingerprint density at radius 2 is 1.75 bits per heavy atom. The van der Waals surface area contributed by atoms with Gasteiger partial charge in [-0.25, -0.2) is 8.78 Å². The molecule has 3 N–H and O–H groups in total. The summed E-state index contributed by atoms with van der Waals surface area (Å²) in [6.45, 7) is 6.91. The molecular weight excluding hydrogens is 532 g/mol. The molecule has 1 amide bonds. The van der Waals surface area contributed by atoms with Gasteiger partial charge in [-0.05, 0) is 72.2 Å². The van der Waals surface area contributed by atoms with Crippen molar-refractivity contribution in [1.29, 1.82) is 0 Å². The van der Waals surface area contributed by atoms with E-state index in [0.29, 0.717) is 17.7 Å². The summed E-state index contributed by atoms with van der Waals surface area (Å²) < 4.78 is 27.8. The summed E-state index contributed by atoms with van der Waals surface area (Å²) in [6, 6.07) is 16.5. The molecule has 3 aromatic rings. The monoisotopic (exact) mass is 571 g/mol. The van der Waals surface area contributed by atoms with Crippen molar-refractivity contribution >= 4 is 24.0 Å². The molecule has 5 nitrogen and oxygen atoms in total. The van der Waals surface area contributed by atoms with Gasteiger partial charge in [0.05, 0.1) is 12.1 Å². The average Bonchev–Trinajstić information content (AvgIpc) is 3.33. The van der Waals surface area contributed by atoms with Crippen LogP contribution in [-0.2, 0) is 25.8 Å². The van der Waals surface area contributed by atoms with E-state index in [2.05, 4.69) is 41.5 Å². The first kappa shape index (κ1) is 31.5. The van der Waals surface area contributed by atoms with Crippen LogP contribution in [0.2, 0.25) is 0 Å². The number of aliphatic hydroxyl groups excluding tert-OH is 1. The van der Waals surface area contributed by atoms with Crippen LogP contribution in [0.3, 0.4) is 0 Å². The minimum Gasteiger partial charge on any atom is -0.390 e. The van der Waals surface area contributed by atoms with Crippen molar-refractivity contribution in [3.63, 3.8) is 0 Å². The van der Waals surface area contributed by atoms with Crippen LogP contribution in [0.5, 0.6) is 0 Å². The number of amides is 1. The van der Waals surface area contributed by atoms with E-state index in [0.717, 1.165) is 56.1 Å². The second-order valence-electron chi connectivity index (χ2n) is 10.4. The summed E-state index contributed by atoms with van der Waals surface area (Å²) in [7, 11) is 0. The minimum absolute atomic E-state index is 0. The van der Waals surface area contributed by atoms with E-state index in [1.165, 1.54) is 23.3 Å². The van der Waals surface area contributed by atoms with Gasteiger partial charge in [0.25, 0.3) is 5.91 Å². The number of carbonyl (C=O) groups is 1. The van der Waals surface area contributed by atoms with Gasteiger partial charge in [-0.15, -0.1) is 12.4 Å². The van der Waals surface area contributed by atoms with E-state index in [-0.39, 0.29) is 31.3 Å². The molecule has 0 radical (unpaired) electrons. The first-order chi connectivity index (χ1) is 18.9. The second-order valence-corrected chi connectivity index (χ2v) is 10.4. The summed E-state index contributed by atoms with van der Waals surface area (Å²) in [5.41, 5.74) is 5.51. The minimum atomic E-state index is -0.981. The Labute approximate surface area is 242 Å². The van der Waals surface area contributed by atoms with Crippen LogP contribution >= 0.6 is 12.4 Å². The maximum absolute atomic E-state index is 13.9. The molecule has 0 unspecified atom stereocenters. The van der Waals surface area contributed by atoms with Crippen LogP contribution in [0.15, 0.2) is 60.7 Å². The van der Waals surface area contributed by atoms with Crippen molar-refractivity contribution in [2.75, 3.05) is 24.5 Å². The van der Waals surface area contributed by atoms with Gasteiger partial charge in [-0.1, -0.05) is 50.6 Å². The number of halogens is 3. The van der Waals surface area contributed by atoms with Crippen LogP contribution in [-0.4, -0.2) is 42.8 Å². The van der Waals surface area contributed by atoms with E-state index in [4.69, 9.17) is 0 Å². The number of aryl methyl sites for hydroxylation is 1. The molecule has 0 aliphatic carbocycles. The number of benzene rings is 3. The van der Waals surface area contributed by atoms with Crippen molar-refractivity contribution in [3.05, 3.63) is 100 Å². The number of nitrogens with one attached hydrogen (secondary N) is 2. The number of hydrogen-bond acceptors (Lipinski definition) is 4. The van der Waals surface area contributed by atoms with E-state index in [9.17, 15) is 18.7 Å². The number of aliphatic hydroxyl groups is 1. The van der Waals surface area contributed by atoms with Gasteiger partial charge in [-0.2, -0.15) is 0 Å². The summed E-state index contributed by atoms with van der Waals surface area (Å²) >= 11 is 0. The fourth-order valence-corrected chi connectivity index (χ4v) is 5.15. The maximum Gasteiger partial charge on any atom is 0.251 e. The molecule has 0 fully saturated rings. The van der Waals surface area contributed by atoms with Crippen LogP contribution in [0.1, 0.15) is 59.3 Å².